The lowest BCUT2D eigenvalue weighted by Crippen LogP contribution is -2.52. The molecule has 2 N–H and O–H groups in total. The highest BCUT2D eigenvalue weighted by atomic mass is 16.2. The van der Waals surface area contributed by atoms with Crippen LogP contribution in [0.2, 0.25) is 0 Å². The van der Waals surface area contributed by atoms with E-state index in [1.165, 1.54) is 4.90 Å². The number of carbonyl (C=O) groups is 3. The minimum Gasteiger partial charge on any atom is -0.369 e. The van der Waals surface area contributed by atoms with E-state index in [4.69, 9.17) is 5.73 Å². The van der Waals surface area contributed by atoms with E-state index in [1.807, 2.05) is 18.2 Å². The molecule has 6 heteroatoms. The number of carbonyl (C=O) groups excluding carboxylic acids is 3. The molecule has 0 saturated carbocycles. The summed E-state index contributed by atoms with van der Waals surface area (Å²) in [6.45, 7) is 1.45. The monoisotopic (exact) mass is 287 g/mol. The molecule has 0 aromatic heterocycles. The highest BCUT2D eigenvalue weighted by Crippen LogP contribution is 2.30. The molecule has 1 saturated heterocycles. The highest BCUT2D eigenvalue weighted by Gasteiger charge is 2.37. The van der Waals surface area contributed by atoms with Gasteiger partial charge >= 0.3 is 0 Å². The Balaban J connectivity index is 1.90. The molecule has 1 fully saturated rings. The van der Waals surface area contributed by atoms with Crippen molar-refractivity contribution in [3.8, 4) is 0 Å². The number of primary amides is 1. The van der Waals surface area contributed by atoms with E-state index >= 15 is 0 Å². The Labute approximate surface area is 122 Å². The lowest BCUT2D eigenvalue weighted by molar-refractivity contribution is -0.137. The zero-order chi connectivity index (χ0) is 15.0. The molecular formula is C15H17N3O3. The molecule has 1 unspecified atom stereocenters. The summed E-state index contributed by atoms with van der Waals surface area (Å²) in [5.41, 5.74) is 6.90. The van der Waals surface area contributed by atoms with Gasteiger partial charge in [-0.15, -0.1) is 0 Å². The summed E-state index contributed by atoms with van der Waals surface area (Å²) in [5.74, 6) is -2.00. The lowest BCUT2D eigenvalue weighted by atomic mass is 9.91. The van der Waals surface area contributed by atoms with Crippen LogP contribution in [-0.2, 0) is 20.8 Å². The maximum Gasteiger partial charge on any atom is 0.242 e. The molecule has 0 bridgehead atoms. The van der Waals surface area contributed by atoms with Gasteiger partial charge in [-0.3, -0.25) is 14.4 Å². The molecule has 21 heavy (non-hydrogen) atoms. The summed E-state index contributed by atoms with van der Waals surface area (Å²) < 4.78 is 0. The van der Waals surface area contributed by atoms with Crippen LogP contribution in [0.3, 0.4) is 0 Å². The fourth-order valence-electron chi connectivity index (χ4n) is 2.75. The van der Waals surface area contributed by atoms with Crippen molar-refractivity contribution in [3.05, 3.63) is 29.8 Å². The Morgan fingerprint density at radius 1 is 1.24 bits per heavy atom. The van der Waals surface area contributed by atoms with Gasteiger partial charge in [-0.1, -0.05) is 18.2 Å². The molecule has 1 aromatic rings. The normalized spacial score (nSPS) is 20.8. The fourth-order valence-corrected chi connectivity index (χ4v) is 2.75. The first-order valence-corrected chi connectivity index (χ1v) is 7.04. The summed E-state index contributed by atoms with van der Waals surface area (Å²) in [6, 6.07) is 7.33. The van der Waals surface area contributed by atoms with Crippen molar-refractivity contribution >= 4 is 23.4 Å². The third-order valence-corrected chi connectivity index (χ3v) is 4.12. The van der Waals surface area contributed by atoms with Crippen LogP contribution < -0.4 is 10.6 Å². The van der Waals surface area contributed by atoms with E-state index in [-0.39, 0.29) is 18.4 Å². The highest BCUT2D eigenvalue weighted by molar-refractivity contribution is 6.11. The molecule has 1 aromatic carbocycles. The van der Waals surface area contributed by atoms with Crippen LogP contribution in [-0.4, -0.2) is 42.3 Å². The van der Waals surface area contributed by atoms with Crippen molar-refractivity contribution in [1.29, 1.82) is 0 Å². The number of amides is 3. The number of nitrogens with zero attached hydrogens (tertiary/aromatic N) is 2. The van der Waals surface area contributed by atoms with Crippen LogP contribution in [0.15, 0.2) is 24.3 Å². The predicted molar refractivity (Wildman–Crippen MR) is 76.4 cm³/mol. The van der Waals surface area contributed by atoms with Crippen LogP contribution in [0.5, 0.6) is 0 Å². The Hall–Kier alpha value is -2.37. The van der Waals surface area contributed by atoms with E-state index in [0.717, 1.165) is 25.1 Å². The lowest BCUT2D eigenvalue weighted by Gasteiger charge is -2.36. The molecule has 1 atom stereocenters. The summed E-state index contributed by atoms with van der Waals surface area (Å²) in [5, 5.41) is 0. The van der Waals surface area contributed by atoms with Gasteiger partial charge in [0.1, 0.15) is 12.5 Å². The second-order valence-corrected chi connectivity index (χ2v) is 5.45. The molecule has 6 nitrogen and oxygen atoms in total. The molecule has 3 rings (SSSR count). The Morgan fingerprint density at radius 3 is 2.57 bits per heavy atom. The van der Waals surface area contributed by atoms with E-state index in [1.54, 1.807) is 11.0 Å². The van der Waals surface area contributed by atoms with Gasteiger partial charge in [-0.25, -0.2) is 0 Å². The van der Waals surface area contributed by atoms with Gasteiger partial charge in [0, 0.05) is 18.8 Å². The second-order valence-electron chi connectivity index (χ2n) is 5.45. The Morgan fingerprint density at radius 2 is 1.95 bits per heavy atom. The first kappa shape index (κ1) is 13.6. The van der Waals surface area contributed by atoms with Crippen LogP contribution >= 0.6 is 0 Å². The molecule has 2 aliphatic rings. The maximum atomic E-state index is 12.4. The van der Waals surface area contributed by atoms with E-state index < -0.39 is 11.8 Å². The quantitative estimate of drug-likeness (QED) is 0.789. The fraction of sp³-hybridized carbons (Fsp3) is 0.400. The average Bonchev–Trinajstić information content (AvgIpc) is 2.39. The number of benzene rings is 1. The molecule has 0 radical (unpaired) electrons. The smallest absolute Gasteiger partial charge is 0.242 e. The van der Waals surface area contributed by atoms with Crippen molar-refractivity contribution in [3.63, 3.8) is 0 Å². The predicted octanol–water partition coefficient (Wildman–Crippen LogP) is -0.0905. The van der Waals surface area contributed by atoms with Crippen molar-refractivity contribution < 1.29 is 14.4 Å². The van der Waals surface area contributed by atoms with Gasteiger partial charge in [0.15, 0.2) is 0 Å². The van der Waals surface area contributed by atoms with Gasteiger partial charge in [0.25, 0.3) is 0 Å². The van der Waals surface area contributed by atoms with E-state index in [9.17, 15) is 14.4 Å². The largest absolute Gasteiger partial charge is 0.369 e. The zero-order valence-electron chi connectivity index (χ0n) is 11.6. The molecule has 0 aliphatic carbocycles. The molecule has 110 valence electrons. The molecule has 0 spiro atoms. The Bertz CT molecular complexity index is 610. The van der Waals surface area contributed by atoms with Crippen LogP contribution in [0.1, 0.15) is 12.0 Å². The second kappa shape index (κ2) is 5.20. The van der Waals surface area contributed by atoms with Crippen LogP contribution in [0.25, 0.3) is 0 Å². The van der Waals surface area contributed by atoms with E-state index in [2.05, 4.69) is 0 Å². The zero-order valence-corrected chi connectivity index (χ0v) is 11.6. The minimum absolute atomic E-state index is 0.0281. The van der Waals surface area contributed by atoms with Gasteiger partial charge < -0.3 is 15.5 Å². The molecule has 3 amide bonds. The Kier molecular flexibility index (Phi) is 3.37. The number of anilines is 1. The number of likely N-dealkylation sites (tertiary alicyclic amines) is 1. The third-order valence-electron chi connectivity index (χ3n) is 4.12. The van der Waals surface area contributed by atoms with Crippen molar-refractivity contribution in [2.45, 2.75) is 12.8 Å². The summed E-state index contributed by atoms with van der Waals surface area (Å²) in [6.07, 6.45) is 1.30. The van der Waals surface area contributed by atoms with Crippen molar-refractivity contribution in [2.75, 3.05) is 24.5 Å². The van der Waals surface area contributed by atoms with Crippen molar-refractivity contribution in [2.24, 2.45) is 11.7 Å². The standard InChI is InChI=1S/C15H17N3O3/c16-14(20)11-8-10-4-1-2-5-12(10)18(15(11)21)9-13(19)17-6-3-7-17/h1-2,4-5,11H,3,6-9H2,(H2,16,20). The number of hydrogen-bond donors (Lipinski definition) is 1. The number of para-hydroxylation sites is 1. The number of fused-ring (bicyclic) bond motifs is 1. The van der Waals surface area contributed by atoms with Gasteiger partial charge in [0.2, 0.25) is 17.7 Å². The number of nitrogens with two attached hydrogens (primary N) is 1. The third kappa shape index (κ3) is 2.37. The maximum absolute atomic E-state index is 12.4. The number of rotatable bonds is 3. The summed E-state index contributed by atoms with van der Waals surface area (Å²) in [4.78, 5) is 39.2. The molecule has 2 aliphatic heterocycles. The SMILES string of the molecule is NC(=O)C1Cc2ccccc2N(CC(=O)N2CCC2)C1=O. The molecule has 2 heterocycles. The first-order valence-electron chi connectivity index (χ1n) is 7.04. The van der Waals surface area contributed by atoms with Gasteiger partial charge in [0.05, 0.1) is 0 Å². The summed E-state index contributed by atoms with van der Waals surface area (Å²) in [7, 11) is 0. The topological polar surface area (TPSA) is 83.7 Å². The van der Waals surface area contributed by atoms with E-state index in [0.29, 0.717) is 12.1 Å². The first-order chi connectivity index (χ1) is 10.1. The van der Waals surface area contributed by atoms with Crippen LogP contribution in [0.4, 0.5) is 5.69 Å². The molecular weight excluding hydrogens is 270 g/mol. The van der Waals surface area contributed by atoms with Crippen molar-refractivity contribution in [1.82, 2.24) is 4.90 Å². The van der Waals surface area contributed by atoms with Gasteiger partial charge in [-0.05, 0) is 24.5 Å². The van der Waals surface area contributed by atoms with Gasteiger partial charge in [-0.2, -0.15) is 0 Å². The summed E-state index contributed by atoms with van der Waals surface area (Å²) >= 11 is 0. The number of hydrogen-bond acceptors (Lipinski definition) is 3. The average molecular weight is 287 g/mol. The van der Waals surface area contributed by atoms with Crippen LogP contribution in [0, 0.1) is 5.92 Å². The minimum atomic E-state index is -0.885.